The molecule has 82 valence electrons. The van der Waals surface area contributed by atoms with Crippen LogP contribution in [0.15, 0.2) is 30.5 Å². The minimum absolute atomic E-state index is 1.07. The van der Waals surface area contributed by atoms with Crippen molar-refractivity contribution in [1.82, 2.24) is 10.3 Å². The molecule has 0 saturated carbocycles. The second kappa shape index (κ2) is 4.94. The Kier molecular flexibility index (Phi) is 3.34. The predicted octanol–water partition coefficient (Wildman–Crippen LogP) is 0.438. The number of benzene rings is 1. The maximum atomic E-state index is 4.48. The zero-order valence-electron chi connectivity index (χ0n) is 10.1. The Morgan fingerprint density at radius 2 is 2.00 bits per heavy atom. The summed E-state index contributed by atoms with van der Waals surface area (Å²) in [5, 5.41) is 4.68. The molecule has 17 heavy (non-hydrogen) atoms. The SMILES string of the molecule is [Na][c]1ccc2c(N3CCNCC3)ccnc2c1. The number of pyridine rings is 1. The van der Waals surface area contributed by atoms with Crippen molar-refractivity contribution in [2.75, 3.05) is 31.1 Å². The van der Waals surface area contributed by atoms with E-state index in [0.717, 1.165) is 59.6 Å². The normalized spacial score (nSPS) is 16.5. The summed E-state index contributed by atoms with van der Waals surface area (Å²) in [6.45, 7) is 4.31. The van der Waals surface area contributed by atoms with Gasteiger partial charge in [-0.2, -0.15) is 0 Å². The Bertz CT molecular complexity index is 535. The number of aromatic nitrogens is 1. The summed E-state index contributed by atoms with van der Waals surface area (Å²) in [6, 6.07) is 8.80. The average molecular weight is 235 g/mol. The first-order chi connectivity index (χ1) is 8.34. The number of fused-ring (bicyclic) bond motifs is 1. The van der Waals surface area contributed by atoms with E-state index in [0.29, 0.717) is 0 Å². The van der Waals surface area contributed by atoms with Crippen LogP contribution in [0.5, 0.6) is 0 Å². The summed E-state index contributed by atoms with van der Waals surface area (Å²) in [4.78, 5) is 6.93. The molecule has 0 spiro atoms. The van der Waals surface area contributed by atoms with Crippen LogP contribution in [0, 0.1) is 0 Å². The molecular weight excluding hydrogens is 221 g/mol. The van der Waals surface area contributed by atoms with Crippen molar-refractivity contribution in [3.05, 3.63) is 30.5 Å². The second-order valence-electron chi connectivity index (χ2n) is 4.59. The van der Waals surface area contributed by atoms with Gasteiger partial charge in [-0.25, -0.2) is 0 Å². The van der Waals surface area contributed by atoms with Crippen LogP contribution in [0.1, 0.15) is 0 Å². The van der Waals surface area contributed by atoms with Crippen molar-refractivity contribution >= 4 is 47.3 Å². The Balaban J connectivity index is 2.09. The van der Waals surface area contributed by atoms with Gasteiger partial charge < -0.3 is 0 Å². The van der Waals surface area contributed by atoms with E-state index in [9.17, 15) is 0 Å². The van der Waals surface area contributed by atoms with Crippen LogP contribution in [0.2, 0.25) is 0 Å². The van der Waals surface area contributed by atoms with E-state index < -0.39 is 0 Å². The molecule has 1 aliphatic heterocycles. The van der Waals surface area contributed by atoms with Gasteiger partial charge in [0.25, 0.3) is 0 Å². The molecule has 2 heterocycles. The molecule has 2 aromatic rings. The molecule has 3 nitrogen and oxygen atoms in total. The molecular formula is C13H14N3Na. The fraction of sp³-hybridized carbons (Fsp3) is 0.308. The van der Waals surface area contributed by atoms with Gasteiger partial charge in [0.1, 0.15) is 0 Å². The Morgan fingerprint density at radius 3 is 2.82 bits per heavy atom. The molecule has 0 aliphatic carbocycles. The number of nitrogens with one attached hydrogen (secondary N) is 1. The van der Waals surface area contributed by atoms with Crippen LogP contribution in [0.25, 0.3) is 10.9 Å². The van der Waals surface area contributed by atoms with Crippen molar-refractivity contribution in [1.29, 1.82) is 0 Å². The van der Waals surface area contributed by atoms with Gasteiger partial charge in [-0.1, -0.05) is 0 Å². The van der Waals surface area contributed by atoms with E-state index in [1.807, 2.05) is 6.20 Å². The van der Waals surface area contributed by atoms with Crippen LogP contribution in [0.3, 0.4) is 0 Å². The predicted molar refractivity (Wildman–Crippen MR) is 72.2 cm³/mol. The van der Waals surface area contributed by atoms with Gasteiger partial charge in [0.15, 0.2) is 0 Å². The van der Waals surface area contributed by atoms with E-state index in [1.165, 1.54) is 13.9 Å². The number of hydrogen-bond donors (Lipinski definition) is 1. The summed E-state index contributed by atoms with van der Waals surface area (Å²) in [7, 11) is 0. The third-order valence-corrected chi connectivity index (χ3v) is 3.95. The van der Waals surface area contributed by atoms with Gasteiger partial charge in [0.05, 0.1) is 0 Å². The molecule has 0 atom stereocenters. The average Bonchev–Trinajstić information content (AvgIpc) is 2.39. The molecule has 1 aromatic heterocycles. The molecule has 0 amide bonds. The summed E-state index contributed by atoms with van der Waals surface area (Å²) in [5.74, 6) is 0. The number of hydrogen-bond acceptors (Lipinski definition) is 3. The molecule has 1 fully saturated rings. The third-order valence-electron chi connectivity index (χ3n) is 3.33. The Labute approximate surface area is 119 Å². The van der Waals surface area contributed by atoms with E-state index >= 15 is 0 Å². The quantitative estimate of drug-likeness (QED) is 0.727. The van der Waals surface area contributed by atoms with Crippen molar-refractivity contribution < 1.29 is 0 Å². The minimum atomic E-state index is 1.07. The first-order valence-corrected chi connectivity index (χ1v) is 7.16. The molecule has 1 N–H and O–H groups in total. The fourth-order valence-electron chi connectivity index (χ4n) is 2.42. The summed E-state index contributed by atoms with van der Waals surface area (Å²) in [6.07, 6.45) is 1.93. The number of rotatable bonds is 1. The zero-order chi connectivity index (χ0) is 11.7. The standard InChI is InChI=1S/C13H14N3.Na/c1-2-4-12-11(3-1)13(5-6-15-12)16-9-7-14-8-10-16;/h1,3-6,14H,7-10H2;. The molecule has 1 aromatic carbocycles. The van der Waals surface area contributed by atoms with Gasteiger partial charge in [-0.05, 0) is 0 Å². The van der Waals surface area contributed by atoms with Crippen molar-refractivity contribution in [3.63, 3.8) is 0 Å². The number of nitrogens with zero attached hydrogens (tertiary/aromatic N) is 2. The Morgan fingerprint density at radius 1 is 1.18 bits per heavy atom. The van der Waals surface area contributed by atoms with Gasteiger partial charge >= 0.3 is 119 Å². The third kappa shape index (κ3) is 2.33. The molecule has 0 unspecified atom stereocenters. The van der Waals surface area contributed by atoms with Crippen LogP contribution in [-0.2, 0) is 0 Å². The van der Waals surface area contributed by atoms with Crippen molar-refractivity contribution in [2.24, 2.45) is 0 Å². The van der Waals surface area contributed by atoms with Gasteiger partial charge in [0.2, 0.25) is 0 Å². The van der Waals surface area contributed by atoms with E-state index in [2.05, 4.69) is 39.5 Å². The molecule has 1 aliphatic rings. The Hall–Kier alpha value is -0.610. The molecule has 1 saturated heterocycles. The van der Waals surface area contributed by atoms with E-state index in [1.54, 1.807) is 0 Å². The second-order valence-corrected chi connectivity index (χ2v) is 5.74. The molecule has 0 radical (unpaired) electrons. The first kappa shape index (κ1) is 11.5. The van der Waals surface area contributed by atoms with Crippen LogP contribution < -0.4 is 13.0 Å². The van der Waals surface area contributed by atoms with Gasteiger partial charge in [-0.15, -0.1) is 0 Å². The first-order valence-electron chi connectivity index (χ1n) is 6.16. The van der Waals surface area contributed by atoms with E-state index in [-0.39, 0.29) is 0 Å². The number of anilines is 1. The summed E-state index contributed by atoms with van der Waals surface area (Å²) >= 11 is 1.09. The molecule has 3 rings (SSSR count). The fourth-order valence-corrected chi connectivity index (χ4v) is 2.86. The van der Waals surface area contributed by atoms with Gasteiger partial charge in [0, 0.05) is 0 Å². The number of piperazine rings is 1. The van der Waals surface area contributed by atoms with E-state index in [4.69, 9.17) is 0 Å². The summed E-state index contributed by atoms with van der Waals surface area (Å²) in [5.41, 5.74) is 2.46. The van der Waals surface area contributed by atoms with Crippen LogP contribution >= 0.6 is 0 Å². The van der Waals surface area contributed by atoms with Crippen LogP contribution in [0.4, 0.5) is 5.69 Å². The van der Waals surface area contributed by atoms with Crippen LogP contribution in [-0.4, -0.2) is 59.1 Å². The van der Waals surface area contributed by atoms with Crippen molar-refractivity contribution in [3.8, 4) is 0 Å². The maximum absolute atomic E-state index is 4.48. The summed E-state index contributed by atoms with van der Waals surface area (Å²) < 4.78 is 1.41. The topological polar surface area (TPSA) is 28.2 Å². The molecule has 0 bridgehead atoms. The van der Waals surface area contributed by atoms with Gasteiger partial charge in [-0.3, -0.25) is 0 Å². The molecule has 4 heteroatoms. The van der Waals surface area contributed by atoms with Crippen molar-refractivity contribution in [2.45, 2.75) is 0 Å². The zero-order valence-corrected chi connectivity index (χ0v) is 12.1. The monoisotopic (exact) mass is 235 g/mol.